The maximum Gasteiger partial charge on any atom is 0.328 e. The minimum Gasteiger partial charge on any atom is -0.478 e. The number of rotatable bonds is 7. The Morgan fingerprint density at radius 2 is 2.11 bits per heavy atom. The van der Waals surface area contributed by atoms with Gasteiger partial charge in [-0.1, -0.05) is 6.92 Å². The van der Waals surface area contributed by atoms with Gasteiger partial charge < -0.3 is 14.8 Å². The van der Waals surface area contributed by atoms with Crippen LogP contribution in [0.2, 0.25) is 0 Å². The molecule has 0 spiro atoms. The highest BCUT2D eigenvalue weighted by atomic mass is 16.5. The maximum absolute atomic E-state index is 11.6. The summed E-state index contributed by atoms with van der Waals surface area (Å²) in [6.07, 6.45) is 2.30. The van der Waals surface area contributed by atoms with Crippen molar-refractivity contribution in [3.63, 3.8) is 0 Å². The minimum atomic E-state index is -0.343. The molecule has 0 fully saturated rings. The summed E-state index contributed by atoms with van der Waals surface area (Å²) >= 11 is 0. The van der Waals surface area contributed by atoms with Gasteiger partial charge in [-0.2, -0.15) is 0 Å². The van der Waals surface area contributed by atoms with Crippen LogP contribution in [0.25, 0.3) is 0 Å². The fourth-order valence-corrected chi connectivity index (χ4v) is 1.47. The SMILES string of the molecule is CCOC(=O)C(CC)Nc1ccc(OCC)nc1. The third kappa shape index (κ3) is 4.24. The lowest BCUT2D eigenvalue weighted by atomic mass is 10.2. The number of carbonyl (C=O) groups is 1. The summed E-state index contributed by atoms with van der Waals surface area (Å²) in [6.45, 7) is 6.60. The first-order valence-electron chi connectivity index (χ1n) is 6.23. The summed E-state index contributed by atoms with van der Waals surface area (Å²) in [4.78, 5) is 15.7. The number of hydrogen-bond acceptors (Lipinski definition) is 5. The monoisotopic (exact) mass is 252 g/mol. The van der Waals surface area contributed by atoms with Gasteiger partial charge in [0.2, 0.25) is 5.88 Å². The second-order valence-electron chi connectivity index (χ2n) is 3.68. The molecule has 0 saturated heterocycles. The molecule has 100 valence electrons. The van der Waals surface area contributed by atoms with Crippen LogP contribution in [0.5, 0.6) is 5.88 Å². The van der Waals surface area contributed by atoms with E-state index in [1.54, 1.807) is 19.2 Å². The van der Waals surface area contributed by atoms with E-state index in [-0.39, 0.29) is 12.0 Å². The van der Waals surface area contributed by atoms with E-state index in [4.69, 9.17) is 9.47 Å². The molecule has 1 N–H and O–H groups in total. The van der Waals surface area contributed by atoms with Crippen molar-refractivity contribution < 1.29 is 14.3 Å². The zero-order valence-corrected chi connectivity index (χ0v) is 11.1. The van der Waals surface area contributed by atoms with Crippen LogP contribution in [-0.2, 0) is 9.53 Å². The Labute approximate surface area is 108 Å². The first kappa shape index (κ1) is 14.3. The molecule has 0 aliphatic heterocycles. The fraction of sp³-hybridized carbons (Fsp3) is 0.538. The van der Waals surface area contributed by atoms with Gasteiger partial charge in [0.1, 0.15) is 6.04 Å². The number of carbonyl (C=O) groups excluding carboxylic acids is 1. The van der Waals surface area contributed by atoms with Crippen LogP contribution in [0.4, 0.5) is 5.69 Å². The number of pyridine rings is 1. The van der Waals surface area contributed by atoms with E-state index < -0.39 is 0 Å². The fourth-order valence-electron chi connectivity index (χ4n) is 1.47. The molecule has 5 nitrogen and oxygen atoms in total. The van der Waals surface area contributed by atoms with E-state index in [1.807, 2.05) is 19.9 Å². The molecule has 1 aromatic heterocycles. The van der Waals surface area contributed by atoms with Gasteiger partial charge in [0.05, 0.1) is 25.1 Å². The smallest absolute Gasteiger partial charge is 0.328 e. The van der Waals surface area contributed by atoms with Gasteiger partial charge in [0.25, 0.3) is 0 Å². The molecule has 1 unspecified atom stereocenters. The van der Waals surface area contributed by atoms with Crippen LogP contribution in [0.3, 0.4) is 0 Å². The van der Waals surface area contributed by atoms with E-state index in [0.717, 1.165) is 5.69 Å². The third-order valence-corrected chi connectivity index (χ3v) is 2.35. The van der Waals surface area contributed by atoms with E-state index in [0.29, 0.717) is 25.5 Å². The highest BCUT2D eigenvalue weighted by Gasteiger charge is 2.17. The summed E-state index contributed by atoms with van der Waals surface area (Å²) in [6, 6.07) is 3.26. The van der Waals surface area contributed by atoms with Crippen LogP contribution >= 0.6 is 0 Å². The molecular weight excluding hydrogens is 232 g/mol. The second-order valence-corrected chi connectivity index (χ2v) is 3.68. The molecule has 0 saturated carbocycles. The third-order valence-electron chi connectivity index (χ3n) is 2.35. The number of hydrogen-bond donors (Lipinski definition) is 1. The molecule has 0 aromatic carbocycles. The average molecular weight is 252 g/mol. The van der Waals surface area contributed by atoms with Crippen LogP contribution in [0.15, 0.2) is 18.3 Å². The van der Waals surface area contributed by atoms with E-state index in [2.05, 4.69) is 10.3 Å². The summed E-state index contributed by atoms with van der Waals surface area (Å²) in [5.41, 5.74) is 0.776. The van der Waals surface area contributed by atoms with Gasteiger partial charge in [-0.05, 0) is 26.3 Å². The largest absolute Gasteiger partial charge is 0.478 e. The van der Waals surface area contributed by atoms with Crippen molar-refractivity contribution in [3.8, 4) is 5.88 Å². The maximum atomic E-state index is 11.6. The van der Waals surface area contributed by atoms with Crippen LogP contribution in [0.1, 0.15) is 27.2 Å². The number of esters is 1. The van der Waals surface area contributed by atoms with Gasteiger partial charge >= 0.3 is 5.97 Å². The molecule has 0 aliphatic rings. The van der Waals surface area contributed by atoms with Gasteiger partial charge in [-0.3, -0.25) is 0 Å². The number of aromatic nitrogens is 1. The zero-order chi connectivity index (χ0) is 13.4. The van der Waals surface area contributed by atoms with Crippen molar-refractivity contribution in [2.45, 2.75) is 33.2 Å². The molecule has 0 radical (unpaired) electrons. The minimum absolute atomic E-state index is 0.242. The summed E-state index contributed by atoms with van der Waals surface area (Å²) < 4.78 is 10.2. The van der Waals surface area contributed by atoms with Crippen molar-refractivity contribution in [3.05, 3.63) is 18.3 Å². The van der Waals surface area contributed by atoms with Crippen molar-refractivity contribution >= 4 is 11.7 Å². The lowest BCUT2D eigenvalue weighted by Crippen LogP contribution is -2.30. The lowest BCUT2D eigenvalue weighted by molar-refractivity contribution is -0.144. The van der Waals surface area contributed by atoms with E-state index in [9.17, 15) is 4.79 Å². The molecule has 5 heteroatoms. The summed E-state index contributed by atoms with van der Waals surface area (Å²) in [5, 5.41) is 3.09. The lowest BCUT2D eigenvalue weighted by Gasteiger charge is -2.16. The van der Waals surface area contributed by atoms with Crippen LogP contribution < -0.4 is 10.1 Å². The normalized spacial score (nSPS) is 11.7. The van der Waals surface area contributed by atoms with E-state index in [1.165, 1.54) is 0 Å². The molecule has 1 rings (SSSR count). The quantitative estimate of drug-likeness (QED) is 0.754. The molecule has 1 atom stereocenters. The Morgan fingerprint density at radius 1 is 1.33 bits per heavy atom. The molecule has 1 heterocycles. The van der Waals surface area contributed by atoms with Crippen molar-refractivity contribution in [1.29, 1.82) is 0 Å². The van der Waals surface area contributed by atoms with Crippen LogP contribution in [-0.4, -0.2) is 30.2 Å². The molecule has 18 heavy (non-hydrogen) atoms. The predicted octanol–water partition coefficient (Wildman–Crippen LogP) is 2.23. The number of nitrogens with zero attached hydrogens (tertiary/aromatic N) is 1. The van der Waals surface area contributed by atoms with Crippen molar-refractivity contribution in [2.75, 3.05) is 18.5 Å². The highest BCUT2D eigenvalue weighted by molar-refractivity contribution is 5.79. The Kier molecular flexibility index (Phi) is 5.97. The van der Waals surface area contributed by atoms with Gasteiger partial charge in [-0.25, -0.2) is 9.78 Å². The van der Waals surface area contributed by atoms with Crippen LogP contribution in [0, 0.1) is 0 Å². The van der Waals surface area contributed by atoms with Gasteiger partial charge in [0.15, 0.2) is 0 Å². The predicted molar refractivity (Wildman–Crippen MR) is 69.7 cm³/mol. The van der Waals surface area contributed by atoms with Gasteiger partial charge in [-0.15, -0.1) is 0 Å². The van der Waals surface area contributed by atoms with Crippen molar-refractivity contribution in [1.82, 2.24) is 4.98 Å². The molecular formula is C13H20N2O3. The zero-order valence-electron chi connectivity index (χ0n) is 11.1. The first-order valence-corrected chi connectivity index (χ1v) is 6.23. The number of ether oxygens (including phenoxy) is 2. The Hall–Kier alpha value is -1.78. The Bertz CT molecular complexity index is 365. The average Bonchev–Trinajstić information content (AvgIpc) is 2.38. The Balaban J connectivity index is 2.61. The van der Waals surface area contributed by atoms with Crippen molar-refractivity contribution in [2.24, 2.45) is 0 Å². The molecule has 1 aromatic rings. The topological polar surface area (TPSA) is 60.5 Å². The number of anilines is 1. The Morgan fingerprint density at radius 3 is 2.61 bits per heavy atom. The molecule has 0 amide bonds. The standard InChI is InChI=1S/C13H20N2O3/c1-4-11(13(16)18-6-3)15-10-7-8-12(14-9-10)17-5-2/h7-9,11,15H,4-6H2,1-3H3. The first-order chi connectivity index (χ1) is 8.71. The summed E-state index contributed by atoms with van der Waals surface area (Å²) in [5.74, 6) is 0.334. The molecule has 0 aliphatic carbocycles. The van der Waals surface area contributed by atoms with Gasteiger partial charge in [0, 0.05) is 6.07 Å². The van der Waals surface area contributed by atoms with E-state index >= 15 is 0 Å². The number of nitrogens with one attached hydrogen (secondary N) is 1. The second kappa shape index (κ2) is 7.53. The molecule has 0 bridgehead atoms. The summed E-state index contributed by atoms with van der Waals surface area (Å²) in [7, 11) is 0. The highest BCUT2D eigenvalue weighted by Crippen LogP contribution is 2.13.